The molecule has 0 N–H and O–H groups in total. The lowest BCUT2D eigenvalue weighted by Gasteiger charge is -2.25. The molecule has 0 amide bonds. The summed E-state index contributed by atoms with van der Waals surface area (Å²) in [5, 5.41) is 8.62. The summed E-state index contributed by atoms with van der Waals surface area (Å²) in [6.07, 6.45) is 0. The Labute approximate surface area is 164 Å². The summed E-state index contributed by atoms with van der Waals surface area (Å²) >= 11 is 0. The molecule has 4 aromatic rings. The zero-order valence-corrected chi connectivity index (χ0v) is 15.7. The Hall–Kier alpha value is -3.24. The summed E-state index contributed by atoms with van der Waals surface area (Å²) in [5.74, 6) is 1.22. The predicted octanol–water partition coefficient (Wildman–Crippen LogP) is 5.48. The molecule has 1 atom stereocenters. The molecule has 138 valence electrons. The van der Waals surface area contributed by atoms with Crippen LogP contribution in [0.15, 0.2) is 83.3 Å². The van der Waals surface area contributed by atoms with E-state index in [4.69, 9.17) is 4.42 Å². The third-order valence-electron chi connectivity index (χ3n) is 5.44. The topological polar surface area (TPSA) is 42.2 Å². The van der Waals surface area contributed by atoms with Gasteiger partial charge in [-0.2, -0.15) is 0 Å². The summed E-state index contributed by atoms with van der Waals surface area (Å²) in [4.78, 5) is 2.40. The van der Waals surface area contributed by atoms with Gasteiger partial charge >= 0.3 is 0 Å². The van der Waals surface area contributed by atoms with Crippen molar-refractivity contribution in [2.45, 2.75) is 26.1 Å². The van der Waals surface area contributed by atoms with E-state index < -0.39 is 0 Å². The van der Waals surface area contributed by atoms with Gasteiger partial charge in [0.2, 0.25) is 11.8 Å². The van der Waals surface area contributed by atoms with Crippen molar-refractivity contribution >= 4 is 0 Å². The standard InChI is InChI=1S/C24H21N3O/c1-17(23-25-26-24(28-23)18-9-3-2-4-10-18)27-15-19-11-5-7-13-21(19)22-14-8-6-12-20(22)16-27/h2-14,17H,15-16H2,1H3. The van der Waals surface area contributed by atoms with Crippen LogP contribution >= 0.6 is 0 Å². The van der Waals surface area contributed by atoms with E-state index in [0.29, 0.717) is 11.8 Å². The van der Waals surface area contributed by atoms with Crippen LogP contribution in [0.1, 0.15) is 30.0 Å². The average molecular weight is 367 g/mol. The maximum Gasteiger partial charge on any atom is 0.247 e. The van der Waals surface area contributed by atoms with Crippen molar-refractivity contribution in [2.75, 3.05) is 0 Å². The fraction of sp³-hybridized carbons (Fsp3) is 0.167. The quantitative estimate of drug-likeness (QED) is 0.481. The number of fused-ring (bicyclic) bond motifs is 3. The van der Waals surface area contributed by atoms with Gasteiger partial charge in [-0.05, 0) is 41.3 Å². The highest BCUT2D eigenvalue weighted by atomic mass is 16.4. The fourth-order valence-corrected chi connectivity index (χ4v) is 3.87. The van der Waals surface area contributed by atoms with Gasteiger partial charge in [-0.3, -0.25) is 4.90 Å². The highest BCUT2D eigenvalue weighted by Crippen LogP contribution is 2.35. The third-order valence-corrected chi connectivity index (χ3v) is 5.44. The molecule has 28 heavy (non-hydrogen) atoms. The molecule has 0 fully saturated rings. The van der Waals surface area contributed by atoms with Gasteiger partial charge in [0, 0.05) is 18.7 Å². The first-order valence-electron chi connectivity index (χ1n) is 9.58. The number of hydrogen-bond donors (Lipinski definition) is 0. The lowest BCUT2D eigenvalue weighted by Crippen LogP contribution is -2.25. The van der Waals surface area contributed by atoms with Crippen LogP contribution in [-0.2, 0) is 13.1 Å². The highest BCUT2D eigenvalue weighted by Gasteiger charge is 2.26. The summed E-state index contributed by atoms with van der Waals surface area (Å²) in [7, 11) is 0. The van der Waals surface area contributed by atoms with E-state index >= 15 is 0 Å². The Morgan fingerprint density at radius 1 is 0.750 bits per heavy atom. The van der Waals surface area contributed by atoms with Gasteiger partial charge in [0.05, 0.1) is 6.04 Å². The number of nitrogens with zero attached hydrogens (tertiary/aromatic N) is 3. The van der Waals surface area contributed by atoms with Gasteiger partial charge < -0.3 is 4.42 Å². The van der Waals surface area contributed by atoms with Crippen LogP contribution in [0.5, 0.6) is 0 Å². The molecule has 1 aliphatic rings. The number of rotatable bonds is 3. The molecule has 0 spiro atoms. The van der Waals surface area contributed by atoms with Crippen LogP contribution in [0.3, 0.4) is 0 Å². The van der Waals surface area contributed by atoms with Crippen LogP contribution in [-0.4, -0.2) is 15.1 Å². The second-order valence-corrected chi connectivity index (χ2v) is 7.21. The van der Waals surface area contributed by atoms with E-state index in [1.54, 1.807) is 0 Å². The molecular weight excluding hydrogens is 346 g/mol. The Morgan fingerprint density at radius 2 is 1.32 bits per heavy atom. The van der Waals surface area contributed by atoms with E-state index in [-0.39, 0.29) is 6.04 Å². The van der Waals surface area contributed by atoms with Crippen LogP contribution < -0.4 is 0 Å². The van der Waals surface area contributed by atoms with Crippen molar-refractivity contribution < 1.29 is 4.42 Å². The molecule has 5 rings (SSSR count). The minimum atomic E-state index is 0.0178. The number of hydrogen-bond acceptors (Lipinski definition) is 4. The predicted molar refractivity (Wildman–Crippen MR) is 109 cm³/mol. The second kappa shape index (κ2) is 7.06. The molecule has 0 radical (unpaired) electrons. The largest absolute Gasteiger partial charge is 0.419 e. The average Bonchev–Trinajstić information content (AvgIpc) is 3.18. The molecule has 4 nitrogen and oxygen atoms in total. The second-order valence-electron chi connectivity index (χ2n) is 7.21. The first-order chi connectivity index (χ1) is 13.8. The number of benzene rings is 3. The summed E-state index contributed by atoms with van der Waals surface area (Å²) in [5.41, 5.74) is 6.20. The first kappa shape index (κ1) is 16.9. The van der Waals surface area contributed by atoms with E-state index in [0.717, 1.165) is 18.7 Å². The van der Waals surface area contributed by atoms with Crippen LogP contribution in [0.4, 0.5) is 0 Å². The third kappa shape index (κ3) is 3.02. The smallest absolute Gasteiger partial charge is 0.247 e. The monoisotopic (exact) mass is 367 g/mol. The van der Waals surface area contributed by atoms with E-state index in [1.165, 1.54) is 22.3 Å². The minimum absolute atomic E-state index is 0.0178. The zero-order chi connectivity index (χ0) is 18.9. The lowest BCUT2D eigenvalue weighted by atomic mass is 9.97. The fourth-order valence-electron chi connectivity index (χ4n) is 3.87. The van der Waals surface area contributed by atoms with Gasteiger partial charge in [0.25, 0.3) is 0 Å². The molecule has 2 heterocycles. The Bertz CT molecular complexity index is 1060. The number of aromatic nitrogens is 2. The maximum atomic E-state index is 6.04. The molecule has 1 unspecified atom stereocenters. The van der Waals surface area contributed by atoms with Crippen molar-refractivity contribution in [2.24, 2.45) is 0 Å². The van der Waals surface area contributed by atoms with Crippen molar-refractivity contribution in [3.8, 4) is 22.6 Å². The van der Waals surface area contributed by atoms with Crippen LogP contribution in [0, 0.1) is 0 Å². The molecular formula is C24H21N3O. The Morgan fingerprint density at radius 3 is 1.96 bits per heavy atom. The summed E-state index contributed by atoms with van der Waals surface area (Å²) in [6.45, 7) is 3.82. The molecule has 0 aliphatic carbocycles. The Balaban J connectivity index is 1.50. The van der Waals surface area contributed by atoms with Crippen molar-refractivity contribution in [1.29, 1.82) is 0 Å². The van der Waals surface area contributed by atoms with Gasteiger partial charge in [0.15, 0.2) is 0 Å². The van der Waals surface area contributed by atoms with E-state index in [1.807, 2.05) is 30.3 Å². The molecule has 1 aromatic heterocycles. The molecule has 1 aliphatic heterocycles. The highest BCUT2D eigenvalue weighted by molar-refractivity contribution is 5.71. The van der Waals surface area contributed by atoms with Crippen LogP contribution in [0.25, 0.3) is 22.6 Å². The van der Waals surface area contributed by atoms with Crippen LogP contribution in [0.2, 0.25) is 0 Å². The first-order valence-corrected chi connectivity index (χ1v) is 9.58. The molecule has 3 aromatic carbocycles. The molecule has 0 saturated heterocycles. The van der Waals surface area contributed by atoms with E-state index in [2.05, 4.69) is 70.6 Å². The van der Waals surface area contributed by atoms with Crippen molar-refractivity contribution in [1.82, 2.24) is 15.1 Å². The van der Waals surface area contributed by atoms with Crippen molar-refractivity contribution in [3.05, 3.63) is 95.9 Å². The normalized spacial score (nSPS) is 14.8. The van der Waals surface area contributed by atoms with Gasteiger partial charge in [-0.15, -0.1) is 10.2 Å². The van der Waals surface area contributed by atoms with Gasteiger partial charge in [0.1, 0.15) is 0 Å². The summed E-state index contributed by atoms with van der Waals surface area (Å²) < 4.78 is 6.04. The Kier molecular flexibility index (Phi) is 4.26. The molecule has 0 bridgehead atoms. The van der Waals surface area contributed by atoms with Crippen molar-refractivity contribution in [3.63, 3.8) is 0 Å². The molecule has 4 heteroatoms. The minimum Gasteiger partial charge on any atom is -0.419 e. The maximum absolute atomic E-state index is 6.04. The zero-order valence-electron chi connectivity index (χ0n) is 15.7. The van der Waals surface area contributed by atoms with Gasteiger partial charge in [-0.25, -0.2) is 0 Å². The van der Waals surface area contributed by atoms with E-state index in [9.17, 15) is 0 Å². The lowest BCUT2D eigenvalue weighted by molar-refractivity contribution is 0.168. The van der Waals surface area contributed by atoms with Gasteiger partial charge in [-0.1, -0.05) is 66.7 Å². The summed E-state index contributed by atoms with van der Waals surface area (Å²) in [6, 6.07) is 27.2. The SMILES string of the molecule is CC(c1nnc(-c2ccccc2)o1)N1Cc2ccccc2-c2ccccc2C1. The molecule has 0 saturated carbocycles.